The van der Waals surface area contributed by atoms with Crippen LogP contribution in [0.5, 0.6) is 10.9 Å². The number of halogens is 1. The van der Waals surface area contributed by atoms with Gasteiger partial charge in [-0.25, -0.2) is 9.78 Å². The van der Waals surface area contributed by atoms with E-state index in [1.807, 2.05) is 66.4 Å². The molecule has 36 heavy (non-hydrogen) atoms. The minimum atomic E-state index is -0.0455. The van der Waals surface area contributed by atoms with Crippen LogP contribution in [0.25, 0.3) is 10.2 Å². The molecule has 2 aliphatic heterocycles. The summed E-state index contributed by atoms with van der Waals surface area (Å²) in [4.78, 5) is 23.7. The largest absolute Gasteiger partial charge is 0.431 e. The van der Waals surface area contributed by atoms with E-state index in [1.54, 1.807) is 12.4 Å². The SMILES string of the molecule is CN(C)c1cnn(C(=O)N2CC3CN(Cc4ccc(Oc5nc6ccccc6s5)cc4Cl)CC3C2)c1. The molecule has 0 saturated carbocycles. The van der Waals surface area contributed by atoms with Gasteiger partial charge in [0.15, 0.2) is 0 Å². The summed E-state index contributed by atoms with van der Waals surface area (Å²) in [6.45, 7) is 4.22. The number of carbonyl (C=O) groups excluding carboxylic acids is 1. The third-order valence-corrected chi connectivity index (χ3v) is 8.28. The second-order valence-corrected chi connectivity index (χ2v) is 11.1. The molecule has 2 saturated heterocycles. The monoisotopic (exact) mass is 522 g/mol. The predicted molar refractivity (Wildman–Crippen MR) is 142 cm³/mol. The summed E-state index contributed by atoms with van der Waals surface area (Å²) in [7, 11) is 3.88. The number of hydrogen-bond acceptors (Lipinski definition) is 7. The normalized spacial score (nSPS) is 19.7. The van der Waals surface area contributed by atoms with Crippen LogP contribution >= 0.6 is 22.9 Å². The number of thiazole rings is 1. The molecule has 2 aliphatic rings. The van der Waals surface area contributed by atoms with Crippen molar-refractivity contribution in [1.82, 2.24) is 24.6 Å². The van der Waals surface area contributed by atoms with Crippen LogP contribution in [0.2, 0.25) is 5.02 Å². The quantitative estimate of drug-likeness (QED) is 0.366. The Kier molecular flexibility index (Phi) is 6.07. The van der Waals surface area contributed by atoms with Crippen molar-refractivity contribution < 1.29 is 9.53 Å². The summed E-state index contributed by atoms with van der Waals surface area (Å²) in [5, 5.41) is 5.55. The highest BCUT2D eigenvalue weighted by Gasteiger charge is 2.42. The van der Waals surface area contributed by atoms with Gasteiger partial charge in [0.25, 0.3) is 5.19 Å². The van der Waals surface area contributed by atoms with Crippen molar-refractivity contribution in [3.05, 3.63) is 65.4 Å². The van der Waals surface area contributed by atoms with Gasteiger partial charge in [-0.2, -0.15) is 9.78 Å². The molecule has 0 spiro atoms. The number of hydrogen-bond donors (Lipinski definition) is 0. The number of ether oxygens (including phenoxy) is 1. The lowest BCUT2D eigenvalue weighted by Crippen LogP contribution is -2.36. The second kappa shape index (κ2) is 9.38. The number of aromatic nitrogens is 3. The number of carbonyl (C=O) groups is 1. The number of benzene rings is 2. The van der Waals surface area contributed by atoms with Crippen LogP contribution in [-0.2, 0) is 6.54 Å². The fourth-order valence-electron chi connectivity index (χ4n) is 5.13. The predicted octanol–water partition coefficient (Wildman–Crippen LogP) is 5.04. The highest BCUT2D eigenvalue weighted by atomic mass is 35.5. The van der Waals surface area contributed by atoms with Crippen molar-refractivity contribution in [2.45, 2.75) is 6.54 Å². The molecule has 2 atom stereocenters. The first kappa shape index (κ1) is 23.3. The Labute approximate surface area is 218 Å². The lowest BCUT2D eigenvalue weighted by molar-refractivity contribution is 0.197. The average Bonchev–Trinajstić information content (AvgIpc) is 3.62. The first-order chi connectivity index (χ1) is 17.4. The van der Waals surface area contributed by atoms with E-state index in [-0.39, 0.29) is 6.03 Å². The molecule has 2 fully saturated rings. The average molecular weight is 523 g/mol. The first-order valence-corrected chi connectivity index (χ1v) is 13.2. The van der Waals surface area contributed by atoms with Crippen molar-refractivity contribution >= 4 is 44.9 Å². The highest BCUT2D eigenvalue weighted by molar-refractivity contribution is 7.20. The van der Waals surface area contributed by atoms with Crippen LogP contribution in [0.3, 0.4) is 0 Å². The Balaban J connectivity index is 1.05. The van der Waals surface area contributed by atoms with Gasteiger partial charge in [-0.15, -0.1) is 0 Å². The lowest BCUT2D eigenvalue weighted by Gasteiger charge is -2.22. The van der Waals surface area contributed by atoms with Gasteiger partial charge in [0.05, 0.1) is 28.3 Å². The zero-order valence-electron chi connectivity index (χ0n) is 20.2. The number of amides is 1. The zero-order valence-corrected chi connectivity index (χ0v) is 21.7. The van der Waals surface area contributed by atoms with Gasteiger partial charge < -0.3 is 14.5 Å². The van der Waals surface area contributed by atoms with Gasteiger partial charge >= 0.3 is 6.03 Å². The molecule has 0 N–H and O–H groups in total. The van der Waals surface area contributed by atoms with Gasteiger partial charge in [0.1, 0.15) is 5.75 Å². The zero-order chi connectivity index (χ0) is 24.8. The number of para-hydroxylation sites is 1. The van der Waals surface area contributed by atoms with Crippen molar-refractivity contribution in [1.29, 1.82) is 0 Å². The summed E-state index contributed by atoms with van der Waals surface area (Å²) in [5.74, 6) is 1.63. The fourth-order valence-corrected chi connectivity index (χ4v) is 6.19. The van der Waals surface area contributed by atoms with Crippen LogP contribution in [-0.4, -0.2) is 70.9 Å². The molecular weight excluding hydrogens is 496 g/mol. The molecule has 0 bridgehead atoms. The van der Waals surface area contributed by atoms with E-state index in [0.29, 0.717) is 27.8 Å². The molecular formula is C26H27ClN6O2S. The van der Waals surface area contributed by atoms with Crippen molar-refractivity contribution in [2.75, 3.05) is 45.2 Å². The minimum Gasteiger partial charge on any atom is -0.431 e. The van der Waals surface area contributed by atoms with E-state index in [4.69, 9.17) is 16.3 Å². The number of nitrogens with zero attached hydrogens (tertiary/aromatic N) is 6. The van der Waals surface area contributed by atoms with Crippen molar-refractivity contribution in [3.63, 3.8) is 0 Å². The number of anilines is 1. The Morgan fingerprint density at radius 3 is 2.61 bits per heavy atom. The van der Waals surface area contributed by atoms with E-state index in [2.05, 4.69) is 15.0 Å². The maximum atomic E-state index is 12.9. The van der Waals surface area contributed by atoms with E-state index < -0.39 is 0 Å². The van der Waals surface area contributed by atoms with Gasteiger partial charge in [-0.05, 0) is 41.7 Å². The van der Waals surface area contributed by atoms with Gasteiger partial charge in [0.2, 0.25) is 0 Å². The van der Waals surface area contributed by atoms with Crippen LogP contribution in [0.1, 0.15) is 5.56 Å². The third kappa shape index (κ3) is 4.54. The van der Waals surface area contributed by atoms with Gasteiger partial charge in [0, 0.05) is 51.8 Å². The molecule has 4 aromatic rings. The number of rotatable bonds is 5. The maximum Gasteiger partial charge on any atom is 0.344 e. The summed E-state index contributed by atoms with van der Waals surface area (Å²) in [6, 6.07) is 13.8. The molecule has 2 aromatic heterocycles. The van der Waals surface area contributed by atoms with E-state index >= 15 is 0 Å². The number of likely N-dealkylation sites (tertiary alicyclic amines) is 2. The second-order valence-electron chi connectivity index (χ2n) is 9.74. The smallest absolute Gasteiger partial charge is 0.344 e. The van der Waals surface area contributed by atoms with Crippen molar-refractivity contribution in [2.24, 2.45) is 11.8 Å². The molecule has 8 nitrogen and oxygen atoms in total. The molecule has 1 amide bonds. The van der Waals surface area contributed by atoms with E-state index in [1.165, 1.54) is 16.0 Å². The van der Waals surface area contributed by atoms with Gasteiger partial charge in [-0.3, -0.25) is 4.90 Å². The first-order valence-electron chi connectivity index (χ1n) is 12.0. The molecule has 2 unspecified atom stereocenters. The number of fused-ring (bicyclic) bond motifs is 2. The Morgan fingerprint density at radius 1 is 1.14 bits per heavy atom. The molecule has 0 aliphatic carbocycles. The Bertz CT molecular complexity index is 1370. The van der Waals surface area contributed by atoms with E-state index in [9.17, 15) is 4.79 Å². The fraction of sp³-hybridized carbons (Fsp3) is 0.346. The summed E-state index contributed by atoms with van der Waals surface area (Å²) in [6.07, 6.45) is 3.50. The highest BCUT2D eigenvalue weighted by Crippen LogP contribution is 2.35. The maximum absolute atomic E-state index is 12.9. The standard InChI is InChI=1S/C26H27ClN6O2S/c1-30(2)20-10-28-33(16-20)26(34)32-14-18-12-31(13-19(18)15-32)11-17-7-8-21(9-22(17)27)35-25-29-23-5-3-4-6-24(23)36-25/h3-10,16,18-19H,11-15H2,1-2H3. The molecule has 4 heterocycles. The van der Waals surface area contributed by atoms with Crippen molar-refractivity contribution in [3.8, 4) is 10.9 Å². The Morgan fingerprint density at radius 2 is 1.92 bits per heavy atom. The molecule has 6 rings (SSSR count). The summed E-state index contributed by atoms with van der Waals surface area (Å²) in [5.41, 5.74) is 2.93. The molecule has 186 valence electrons. The molecule has 0 radical (unpaired) electrons. The van der Waals surface area contributed by atoms with Crippen LogP contribution in [0.4, 0.5) is 10.5 Å². The van der Waals surface area contributed by atoms with Crippen LogP contribution in [0.15, 0.2) is 54.9 Å². The van der Waals surface area contributed by atoms with E-state index in [0.717, 1.165) is 54.2 Å². The topological polar surface area (TPSA) is 66.7 Å². The minimum absolute atomic E-state index is 0.0455. The summed E-state index contributed by atoms with van der Waals surface area (Å²) >= 11 is 8.16. The molecule has 10 heteroatoms. The Hall–Kier alpha value is -3.14. The third-order valence-electron chi connectivity index (χ3n) is 7.01. The van der Waals surface area contributed by atoms with Gasteiger partial charge in [-0.1, -0.05) is 41.1 Å². The van der Waals surface area contributed by atoms with Crippen LogP contribution < -0.4 is 9.64 Å². The lowest BCUT2D eigenvalue weighted by atomic mass is 10.0. The van der Waals surface area contributed by atoms with Crippen LogP contribution in [0, 0.1) is 11.8 Å². The molecule has 2 aromatic carbocycles. The summed E-state index contributed by atoms with van der Waals surface area (Å²) < 4.78 is 8.52.